The van der Waals surface area contributed by atoms with Gasteiger partial charge in [-0.25, -0.2) is 0 Å². The average Bonchev–Trinajstić information content (AvgIpc) is 2.36. The van der Waals surface area contributed by atoms with Gasteiger partial charge in [-0.3, -0.25) is 0 Å². The number of aryl methyl sites for hydroxylation is 1. The molecule has 1 aromatic rings. The molecule has 19 heavy (non-hydrogen) atoms. The zero-order valence-electron chi connectivity index (χ0n) is 11.8. The summed E-state index contributed by atoms with van der Waals surface area (Å²) in [4.78, 5) is 0. The molecule has 1 aliphatic carbocycles. The Hall–Kier alpha value is -1.06. The number of rotatable bonds is 8. The first kappa shape index (κ1) is 14.4. The van der Waals surface area contributed by atoms with E-state index in [-0.39, 0.29) is 0 Å². The number of benzene rings is 1. The van der Waals surface area contributed by atoms with Crippen molar-refractivity contribution >= 4 is 0 Å². The van der Waals surface area contributed by atoms with Gasteiger partial charge in [0.05, 0.1) is 0 Å². The van der Waals surface area contributed by atoms with E-state index in [0.717, 1.165) is 18.2 Å². The van der Waals surface area contributed by atoms with E-state index in [0.29, 0.717) is 13.2 Å². The Morgan fingerprint density at radius 1 is 1.32 bits per heavy atom. The van der Waals surface area contributed by atoms with E-state index in [1.807, 2.05) is 31.2 Å². The molecular formula is C16H25NO2. The molecule has 1 atom stereocenters. The zero-order chi connectivity index (χ0) is 13.5. The third-order valence-electron chi connectivity index (χ3n) is 3.80. The molecule has 0 bridgehead atoms. The number of ether oxygens (including phenoxy) is 1. The monoisotopic (exact) mass is 263 g/mol. The molecule has 0 spiro atoms. The molecule has 1 saturated carbocycles. The summed E-state index contributed by atoms with van der Waals surface area (Å²) in [6, 6.07) is 7.90. The summed E-state index contributed by atoms with van der Waals surface area (Å²) in [5.74, 6) is 1.74. The lowest BCUT2D eigenvalue weighted by atomic mass is 9.83. The van der Waals surface area contributed by atoms with E-state index >= 15 is 0 Å². The second-order valence-electron chi connectivity index (χ2n) is 5.57. The Morgan fingerprint density at radius 3 is 2.68 bits per heavy atom. The van der Waals surface area contributed by atoms with Crippen molar-refractivity contribution < 1.29 is 9.84 Å². The lowest BCUT2D eigenvalue weighted by molar-refractivity contribution is 0.105. The molecule has 1 aliphatic rings. The first-order valence-corrected chi connectivity index (χ1v) is 7.32. The van der Waals surface area contributed by atoms with E-state index in [1.165, 1.54) is 31.2 Å². The van der Waals surface area contributed by atoms with Gasteiger partial charge in [0.15, 0.2) is 0 Å². The van der Waals surface area contributed by atoms with Gasteiger partial charge in [-0.05, 0) is 37.9 Å². The van der Waals surface area contributed by atoms with Gasteiger partial charge >= 0.3 is 0 Å². The summed E-state index contributed by atoms with van der Waals surface area (Å²) in [5, 5.41) is 13.1. The highest BCUT2D eigenvalue weighted by molar-refractivity contribution is 5.26. The lowest BCUT2D eigenvalue weighted by Gasteiger charge is -2.25. The Balaban J connectivity index is 1.53. The van der Waals surface area contributed by atoms with Crippen molar-refractivity contribution in [3.05, 3.63) is 29.8 Å². The van der Waals surface area contributed by atoms with Crippen molar-refractivity contribution in [2.24, 2.45) is 5.92 Å². The van der Waals surface area contributed by atoms with Crippen LogP contribution in [0.3, 0.4) is 0 Å². The average molecular weight is 263 g/mol. The molecule has 0 heterocycles. The van der Waals surface area contributed by atoms with E-state index in [1.54, 1.807) is 0 Å². The Kier molecular flexibility index (Phi) is 5.67. The van der Waals surface area contributed by atoms with Crippen LogP contribution in [0.1, 0.15) is 31.2 Å². The van der Waals surface area contributed by atoms with Crippen LogP contribution in [0, 0.1) is 12.8 Å². The fraction of sp³-hybridized carbons (Fsp3) is 0.625. The lowest BCUT2D eigenvalue weighted by Crippen LogP contribution is -2.33. The third kappa shape index (κ3) is 5.21. The van der Waals surface area contributed by atoms with Crippen LogP contribution in [0.15, 0.2) is 24.3 Å². The maximum absolute atomic E-state index is 9.81. The summed E-state index contributed by atoms with van der Waals surface area (Å²) in [7, 11) is 0. The SMILES string of the molecule is Cc1ccc(OCC(O)CNCCC2CCC2)cc1. The van der Waals surface area contributed by atoms with Crippen molar-refractivity contribution in [3.8, 4) is 5.75 Å². The highest BCUT2D eigenvalue weighted by atomic mass is 16.5. The number of hydrogen-bond acceptors (Lipinski definition) is 3. The molecule has 1 unspecified atom stereocenters. The quantitative estimate of drug-likeness (QED) is 0.708. The summed E-state index contributed by atoms with van der Waals surface area (Å²) in [6.07, 6.45) is 4.98. The van der Waals surface area contributed by atoms with Crippen LogP contribution in [0.2, 0.25) is 0 Å². The molecule has 0 aromatic heterocycles. The molecule has 0 saturated heterocycles. The topological polar surface area (TPSA) is 41.5 Å². The predicted molar refractivity (Wildman–Crippen MR) is 77.5 cm³/mol. The molecule has 2 N–H and O–H groups in total. The molecule has 2 rings (SSSR count). The van der Waals surface area contributed by atoms with Crippen LogP contribution in [0.25, 0.3) is 0 Å². The van der Waals surface area contributed by atoms with Crippen LogP contribution < -0.4 is 10.1 Å². The van der Waals surface area contributed by atoms with E-state index < -0.39 is 6.10 Å². The van der Waals surface area contributed by atoms with Gasteiger partial charge in [0.2, 0.25) is 0 Å². The minimum absolute atomic E-state index is 0.347. The van der Waals surface area contributed by atoms with Crippen molar-refractivity contribution in [1.29, 1.82) is 0 Å². The van der Waals surface area contributed by atoms with E-state index in [9.17, 15) is 5.11 Å². The Bertz CT molecular complexity index is 360. The van der Waals surface area contributed by atoms with Crippen LogP contribution in [0.4, 0.5) is 0 Å². The summed E-state index contributed by atoms with van der Waals surface area (Å²) < 4.78 is 5.54. The second kappa shape index (κ2) is 7.51. The maximum Gasteiger partial charge on any atom is 0.119 e. The molecule has 3 nitrogen and oxygen atoms in total. The molecular weight excluding hydrogens is 238 g/mol. The maximum atomic E-state index is 9.81. The highest BCUT2D eigenvalue weighted by Gasteiger charge is 2.16. The minimum Gasteiger partial charge on any atom is -0.491 e. The molecule has 3 heteroatoms. The smallest absolute Gasteiger partial charge is 0.119 e. The van der Waals surface area contributed by atoms with E-state index in [4.69, 9.17) is 4.74 Å². The molecule has 0 aliphatic heterocycles. The Morgan fingerprint density at radius 2 is 2.05 bits per heavy atom. The van der Waals surface area contributed by atoms with E-state index in [2.05, 4.69) is 5.32 Å². The van der Waals surface area contributed by atoms with Crippen LogP contribution >= 0.6 is 0 Å². The van der Waals surface area contributed by atoms with Crippen LogP contribution in [-0.2, 0) is 0 Å². The van der Waals surface area contributed by atoms with Crippen molar-refractivity contribution in [2.45, 2.75) is 38.7 Å². The molecule has 106 valence electrons. The van der Waals surface area contributed by atoms with Gasteiger partial charge < -0.3 is 15.2 Å². The van der Waals surface area contributed by atoms with Gasteiger partial charge in [-0.15, -0.1) is 0 Å². The van der Waals surface area contributed by atoms with Crippen LogP contribution in [-0.4, -0.2) is 30.9 Å². The van der Waals surface area contributed by atoms with Gasteiger partial charge in [0.1, 0.15) is 18.5 Å². The molecule has 1 aromatic carbocycles. The standard InChI is InChI=1S/C16H25NO2/c1-13-5-7-16(8-6-13)19-12-15(18)11-17-10-9-14-3-2-4-14/h5-8,14-15,17-18H,2-4,9-12H2,1H3. The third-order valence-corrected chi connectivity index (χ3v) is 3.80. The predicted octanol–water partition coefficient (Wildman–Crippen LogP) is 2.51. The normalized spacial score (nSPS) is 16.9. The van der Waals surface area contributed by atoms with Gasteiger partial charge in [0.25, 0.3) is 0 Å². The highest BCUT2D eigenvalue weighted by Crippen LogP contribution is 2.28. The fourth-order valence-electron chi connectivity index (χ4n) is 2.24. The van der Waals surface area contributed by atoms with Gasteiger partial charge in [-0.1, -0.05) is 37.0 Å². The van der Waals surface area contributed by atoms with Gasteiger partial charge in [0, 0.05) is 6.54 Å². The number of aliphatic hydroxyl groups is 1. The largest absolute Gasteiger partial charge is 0.491 e. The minimum atomic E-state index is -0.442. The van der Waals surface area contributed by atoms with Crippen LogP contribution in [0.5, 0.6) is 5.75 Å². The summed E-state index contributed by atoms with van der Waals surface area (Å²) in [5.41, 5.74) is 1.21. The first-order valence-electron chi connectivity index (χ1n) is 7.32. The van der Waals surface area contributed by atoms with Crippen molar-refractivity contribution in [2.75, 3.05) is 19.7 Å². The summed E-state index contributed by atoms with van der Waals surface area (Å²) in [6.45, 7) is 4.01. The number of aliphatic hydroxyl groups excluding tert-OH is 1. The number of nitrogens with one attached hydrogen (secondary N) is 1. The van der Waals surface area contributed by atoms with Crippen molar-refractivity contribution in [3.63, 3.8) is 0 Å². The second-order valence-corrected chi connectivity index (χ2v) is 5.57. The molecule has 0 amide bonds. The Labute approximate surface area is 116 Å². The zero-order valence-corrected chi connectivity index (χ0v) is 11.8. The molecule has 1 fully saturated rings. The number of hydrogen-bond donors (Lipinski definition) is 2. The summed E-state index contributed by atoms with van der Waals surface area (Å²) >= 11 is 0. The van der Waals surface area contributed by atoms with Crippen molar-refractivity contribution in [1.82, 2.24) is 5.32 Å². The first-order chi connectivity index (χ1) is 9.24. The van der Waals surface area contributed by atoms with Gasteiger partial charge in [-0.2, -0.15) is 0 Å². The molecule has 0 radical (unpaired) electrons. The fourth-order valence-corrected chi connectivity index (χ4v) is 2.24.